The minimum Gasteiger partial charge on any atom is -0.255 e. The van der Waals surface area contributed by atoms with Gasteiger partial charge in [0, 0.05) is 15.4 Å². The van der Waals surface area contributed by atoms with Gasteiger partial charge in [-0.25, -0.2) is 0 Å². The van der Waals surface area contributed by atoms with Crippen LogP contribution >= 0.6 is 75.9 Å². The van der Waals surface area contributed by atoms with E-state index < -0.39 is 36.4 Å². The Labute approximate surface area is 336 Å². The number of rotatable bonds is 6. The van der Waals surface area contributed by atoms with Crippen molar-refractivity contribution in [2.24, 2.45) is 0 Å². The SMILES string of the molecule is FC(F)(F)c1cc2cc(Br)c(Cl)cc2[nH]1.O=C(Nc1cc(Cl)c(Br)cc1CP(Br)(c1ccccc1)(c1ccccc1)c1ccccc1)C(F)(F)F.[2H]CF. The first-order valence-corrected chi connectivity index (χ1v) is 21.8. The molecule has 1 amide bonds. The second kappa shape index (κ2) is 17.3. The largest absolute Gasteiger partial charge is 0.255 e. The third-order valence-corrected chi connectivity index (χ3v) is 19.9. The number of anilines is 1. The molecule has 0 aliphatic rings. The smallest absolute Gasteiger partial charge is 0.0785 e. The number of hydrogen-bond acceptors (Lipinski definition) is 1. The standard InChI is InChI=1S/C27H20Br2ClF3NOP.C9H4BrClF3N.CH3F/c28-23-16-19(25(17-24(23)30)34-26(35)27(31,32)33)18-36(29,20-10-4-1-5-11-20,21-12-6-2-7-13-21)22-14-8-3-9-15-22;10-5-1-4-2-8(9(12,13)14)15-7(4)3-6(5)11;1-2/h1-17H,18H2,(H,34,35);1-3,15H;1H3/i;;1D. The zero-order valence-corrected chi connectivity index (χ0v) is 34.0. The molecule has 0 unspecified atom stereocenters. The maximum atomic E-state index is 13.2. The third kappa shape index (κ3) is 9.48. The molecule has 2 N–H and O–H groups in total. The molecule has 6 rings (SSSR count). The van der Waals surface area contributed by atoms with Crippen LogP contribution in [0.3, 0.4) is 0 Å². The number of halogens is 12. The molecule has 0 saturated carbocycles. The van der Waals surface area contributed by atoms with Gasteiger partial charge in [0.2, 0.25) is 0 Å². The Morgan fingerprint density at radius 1 is 0.755 bits per heavy atom. The fourth-order valence-electron chi connectivity index (χ4n) is 5.57. The van der Waals surface area contributed by atoms with Crippen LogP contribution in [0.5, 0.6) is 0 Å². The Hall–Kier alpha value is -2.93. The van der Waals surface area contributed by atoms with E-state index in [9.17, 15) is 35.5 Å². The van der Waals surface area contributed by atoms with E-state index in [1.165, 1.54) is 12.1 Å². The first-order chi connectivity index (χ1) is 25.3. The van der Waals surface area contributed by atoms with E-state index in [4.69, 9.17) is 24.6 Å². The summed E-state index contributed by atoms with van der Waals surface area (Å²) < 4.78 is 93.2. The van der Waals surface area contributed by atoms with Crippen LogP contribution in [0.2, 0.25) is 10.0 Å². The number of nitrogens with one attached hydrogen (secondary N) is 2. The zero-order chi connectivity index (χ0) is 39.9. The molecule has 0 spiro atoms. The molecule has 0 aliphatic carbocycles. The van der Waals surface area contributed by atoms with Gasteiger partial charge < -0.3 is 4.98 Å². The predicted molar refractivity (Wildman–Crippen MR) is 215 cm³/mol. The van der Waals surface area contributed by atoms with Crippen LogP contribution in [-0.2, 0) is 17.1 Å². The Morgan fingerprint density at radius 2 is 1.19 bits per heavy atom. The van der Waals surface area contributed by atoms with Crippen molar-refractivity contribution in [3.8, 4) is 0 Å². The van der Waals surface area contributed by atoms with Crippen molar-refractivity contribution in [2.75, 3.05) is 12.5 Å². The normalized spacial score (nSPS) is 12.7. The van der Waals surface area contributed by atoms with E-state index in [1.54, 1.807) is 12.1 Å². The number of carbonyl (C=O) groups excluding carboxylic acids is 1. The maximum Gasteiger partial charge on any atom is 0.0785 e. The maximum absolute atomic E-state index is 13.2. The van der Waals surface area contributed by atoms with Gasteiger partial charge in [-0.05, 0) is 34.1 Å². The Kier molecular flexibility index (Phi) is 13.4. The number of fused-ring (bicyclic) bond motifs is 1. The van der Waals surface area contributed by atoms with Gasteiger partial charge in [-0.2, -0.15) is 13.2 Å². The first kappa shape index (κ1) is 41.2. The van der Waals surface area contributed by atoms with Gasteiger partial charge in [-0.1, -0.05) is 11.6 Å². The number of benzene rings is 5. The van der Waals surface area contributed by atoms with E-state index in [0.29, 0.717) is 30.4 Å². The molecule has 0 bridgehead atoms. The summed E-state index contributed by atoms with van der Waals surface area (Å²) in [7, 11) is -1.00. The molecular weight excluding hydrogens is 963 g/mol. The van der Waals surface area contributed by atoms with E-state index in [1.807, 2.05) is 96.3 Å². The number of aromatic nitrogens is 1. The number of H-pyrrole nitrogens is 1. The van der Waals surface area contributed by atoms with Crippen molar-refractivity contribution >= 4 is 114 Å². The second-order valence-electron chi connectivity index (χ2n) is 11.3. The van der Waals surface area contributed by atoms with Crippen molar-refractivity contribution in [3.63, 3.8) is 0 Å². The summed E-state index contributed by atoms with van der Waals surface area (Å²) >= 11 is 22.9. The van der Waals surface area contributed by atoms with Crippen LogP contribution in [0.4, 0.5) is 36.4 Å². The molecule has 53 heavy (non-hydrogen) atoms. The number of hydrogen-bond donors (Lipinski definition) is 2. The van der Waals surface area contributed by atoms with Gasteiger partial charge in [-0.15, -0.1) is 0 Å². The Bertz CT molecular complexity index is 2080. The molecule has 3 nitrogen and oxygen atoms in total. The minimum absolute atomic E-state index is 0.00164. The monoisotopic (exact) mass is 987 g/mol. The molecule has 0 atom stereocenters. The van der Waals surface area contributed by atoms with Crippen LogP contribution in [-0.4, -0.2) is 24.2 Å². The Balaban J connectivity index is 0.000000298. The van der Waals surface area contributed by atoms with Gasteiger partial charge in [0.25, 0.3) is 0 Å². The van der Waals surface area contributed by atoms with Gasteiger partial charge in [-0.3, -0.25) is 4.39 Å². The van der Waals surface area contributed by atoms with E-state index in [-0.39, 0.29) is 16.9 Å². The molecule has 16 heteroatoms. The quantitative estimate of drug-likeness (QED) is 0.127. The van der Waals surface area contributed by atoms with Gasteiger partial charge >= 0.3 is 236 Å². The van der Waals surface area contributed by atoms with Gasteiger partial charge in [0.15, 0.2) is 0 Å². The van der Waals surface area contributed by atoms with Crippen LogP contribution < -0.4 is 21.2 Å². The molecule has 280 valence electrons. The van der Waals surface area contributed by atoms with E-state index in [2.05, 4.69) is 52.3 Å². The average molecular weight is 991 g/mol. The van der Waals surface area contributed by atoms with Crippen LogP contribution in [0.1, 0.15) is 12.6 Å². The third-order valence-electron chi connectivity index (χ3n) is 7.97. The summed E-state index contributed by atoms with van der Waals surface area (Å²) in [4.78, 5) is 14.2. The molecule has 0 saturated heterocycles. The van der Waals surface area contributed by atoms with Gasteiger partial charge in [0.05, 0.1) is 13.5 Å². The summed E-state index contributed by atoms with van der Waals surface area (Å²) in [5, 5.41) is 2.49. The molecule has 6 aromatic rings. The molecule has 5 aromatic carbocycles. The molecule has 0 aliphatic heterocycles. The molecular formula is C37H27Br3Cl2F7N2OP. The van der Waals surface area contributed by atoms with Crippen LogP contribution in [0.25, 0.3) is 10.9 Å². The Morgan fingerprint density at radius 3 is 1.62 bits per heavy atom. The van der Waals surface area contributed by atoms with E-state index >= 15 is 0 Å². The number of aromatic amines is 1. The summed E-state index contributed by atoms with van der Waals surface area (Å²) in [5.41, 5.74) is 0.0962. The number of amides is 1. The molecule has 1 aromatic heterocycles. The molecule has 0 radical (unpaired) electrons. The molecule has 1 heterocycles. The summed E-state index contributed by atoms with van der Waals surface area (Å²) in [5.74, 6) is -2.06. The van der Waals surface area contributed by atoms with Crippen LogP contribution in [0, 0.1) is 0 Å². The molecule has 0 fully saturated rings. The van der Waals surface area contributed by atoms with Crippen molar-refractivity contribution < 1.29 is 36.9 Å². The average Bonchev–Trinajstić information content (AvgIpc) is 3.55. The number of alkyl halides is 7. The summed E-state index contributed by atoms with van der Waals surface area (Å²) in [6.07, 6.45) is -9.14. The number of carbonyl (C=O) groups is 1. The van der Waals surface area contributed by atoms with Gasteiger partial charge in [0.1, 0.15) is 5.69 Å². The first-order valence-electron chi connectivity index (χ1n) is 15.7. The van der Waals surface area contributed by atoms with Crippen molar-refractivity contribution in [3.05, 3.63) is 152 Å². The summed E-state index contributed by atoms with van der Waals surface area (Å²) in [6, 6.07) is 36.6. The predicted octanol–water partition coefficient (Wildman–Crippen LogP) is 13.1. The fourth-order valence-corrected chi connectivity index (χ4v) is 14.3. The second-order valence-corrected chi connectivity index (χ2v) is 22.7. The topological polar surface area (TPSA) is 44.9 Å². The van der Waals surface area contributed by atoms with Crippen LogP contribution in [0.15, 0.2) is 130 Å². The minimum atomic E-state index is -5.05. The summed E-state index contributed by atoms with van der Waals surface area (Å²) in [6.45, 7) is 0. The van der Waals surface area contributed by atoms with Crippen molar-refractivity contribution in [2.45, 2.75) is 18.5 Å². The fraction of sp³-hybridized carbons (Fsp3) is 0.108. The van der Waals surface area contributed by atoms with Crippen molar-refractivity contribution in [1.82, 2.24) is 4.98 Å². The van der Waals surface area contributed by atoms with E-state index in [0.717, 1.165) is 22.0 Å². The van der Waals surface area contributed by atoms with Crippen molar-refractivity contribution in [1.29, 1.82) is 0 Å². The zero-order valence-electron chi connectivity index (χ0n) is 27.9.